The number of hydrogen-bond donors (Lipinski definition) is 1. The van der Waals surface area contributed by atoms with Crippen molar-refractivity contribution in [1.82, 2.24) is 15.1 Å². The van der Waals surface area contributed by atoms with E-state index in [4.69, 9.17) is 4.42 Å². The molecule has 0 aliphatic carbocycles. The quantitative estimate of drug-likeness (QED) is 0.872. The summed E-state index contributed by atoms with van der Waals surface area (Å²) in [6.45, 7) is 5.00. The van der Waals surface area contributed by atoms with Crippen LogP contribution in [-0.2, 0) is 9.59 Å². The van der Waals surface area contributed by atoms with Gasteiger partial charge in [0.05, 0.1) is 5.54 Å². The van der Waals surface area contributed by atoms with Gasteiger partial charge in [0.15, 0.2) is 5.76 Å². The summed E-state index contributed by atoms with van der Waals surface area (Å²) in [6.07, 6.45) is 0.754. The Bertz CT molecular complexity index is 888. The number of carbonyl (C=O) groups excluding carboxylic acids is 3. The van der Waals surface area contributed by atoms with Crippen molar-refractivity contribution in [2.24, 2.45) is 5.92 Å². The number of piperidine rings is 1. The summed E-state index contributed by atoms with van der Waals surface area (Å²) >= 11 is 0. The zero-order chi connectivity index (χ0) is 19.2. The maximum atomic E-state index is 13.0. The minimum absolute atomic E-state index is 0.0137. The number of furan rings is 1. The molecule has 142 valence electrons. The summed E-state index contributed by atoms with van der Waals surface area (Å²) in [7, 11) is 0. The van der Waals surface area contributed by atoms with Crippen molar-refractivity contribution in [2.45, 2.75) is 25.8 Å². The molecule has 1 aromatic heterocycles. The molecule has 7 heteroatoms. The molecule has 2 aliphatic rings. The van der Waals surface area contributed by atoms with Gasteiger partial charge in [0, 0.05) is 51.3 Å². The van der Waals surface area contributed by atoms with Gasteiger partial charge in [-0.2, -0.15) is 0 Å². The maximum Gasteiger partial charge on any atom is 0.289 e. The van der Waals surface area contributed by atoms with Crippen LogP contribution in [0.3, 0.4) is 0 Å². The average molecular weight is 369 g/mol. The van der Waals surface area contributed by atoms with Gasteiger partial charge >= 0.3 is 0 Å². The highest BCUT2D eigenvalue weighted by atomic mass is 16.3. The van der Waals surface area contributed by atoms with Crippen molar-refractivity contribution in [3.63, 3.8) is 0 Å². The molecule has 2 aliphatic heterocycles. The molecule has 4 rings (SSSR count). The summed E-state index contributed by atoms with van der Waals surface area (Å²) < 4.78 is 5.73. The molecule has 1 N–H and O–H groups in total. The van der Waals surface area contributed by atoms with Crippen molar-refractivity contribution in [3.05, 3.63) is 36.1 Å². The number of nitrogens with zero attached hydrogens (tertiary/aromatic N) is 2. The third kappa shape index (κ3) is 3.07. The summed E-state index contributed by atoms with van der Waals surface area (Å²) in [4.78, 5) is 40.3. The van der Waals surface area contributed by atoms with Crippen molar-refractivity contribution < 1.29 is 18.8 Å². The summed E-state index contributed by atoms with van der Waals surface area (Å²) in [5, 5.41) is 3.93. The number of benzene rings is 1. The standard InChI is InChI=1S/C20H23N3O4/c1-13(24)21-20-11-22(14(2)25)8-7-16(20)10-23(12-20)19(26)18-9-15-5-3-4-6-17(15)27-18/h3-6,9,16H,7-8,10-12H2,1-2H3,(H,21,24)/t16-,20-/m1/s1. The zero-order valence-corrected chi connectivity index (χ0v) is 15.5. The number of hydrogen-bond acceptors (Lipinski definition) is 4. The van der Waals surface area contributed by atoms with Crippen LogP contribution in [0.2, 0.25) is 0 Å². The fourth-order valence-corrected chi connectivity index (χ4v) is 4.45. The van der Waals surface area contributed by atoms with Crippen LogP contribution >= 0.6 is 0 Å². The van der Waals surface area contributed by atoms with E-state index < -0.39 is 5.54 Å². The fourth-order valence-electron chi connectivity index (χ4n) is 4.45. The largest absolute Gasteiger partial charge is 0.451 e. The lowest BCUT2D eigenvalue weighted by Crippen LogP contribution is -2.64. The lowest BCUT2D eigenvalue weighted by molar-refractivity contribution is -0.133. The van der Waals surface area contributed by atoms with E-state index in [1.165, 1.54) is 13.8 Å². The van der Waals surface area contributed by atoms with Crippen molar-refractivity contribution in [3.8, 4) is 0 Å². The van der Waals surface area contributed by atoms with Crippen LogP contribution in [-0.4, -0.2) is 59.2 Å². The maximum absolute atomic E-state index is 13.0. The number of amides is 3. The summed E-state index contributed by atoms with van der Waals surface area (Å²) in [6, 6.07) is 9.26. The van der Waals surface area contributed by atoms with Gasteiger partial charge in [-0.1, -0.05) is 18.2 Å². The van der Waals surface area contributed by atoms with Crippen LogP contribution in [0.15, 0.2) is 34.7 Å². The average Bonchev–Trinajstić information content (AvgIpc) is 3.20. The number of carbonyl (C=O) groups is 3. The molecule has 7 nitrogen and oxygen atoms in total. The van der Waals surface area contributed by atoms with E-state index in [2.05, 4.69) is 5.32 Å². The minimum Gasteiger partial charge on any atom is -0.451 e. The molecule has 0 saturated carbocycles. The van der Waals surface area contributed by atoms with Gasteiger partial charge in [-0.25, -0.2) is 0 Å². The SMILES string of the molecule is CC(=O)N[C@@]12CN(C(C)=O)CC[C@@H]1CN(C(=O)c1cc3ccccc3o1)C2. The van der Waals surface area contributed by atoms with E-state index in [1.807, 2.05) is 24.3 Å². The molecular formula is C20H23N3O4. The van der Waals surface area contributed by atoms with Crippen molar-refractivity contribution in [1.29, 1.82) is 0 Å². The first-order valence-electron chi connectivity index (χ1n) is 9.20. The highest BCUT2D eigenvalue weighted by molar-refractivity contribution is 5.96. The number of nitrogens with one attached hydrogen (secondary N) is 1. The molecule has 2 fully saturated rings. The molecule has 0 radical (unpaired) electrons. The van der Waals surface area contributed by atoms with Crippen molar-refractivity contribution in [2.75, 3.05) is 26.2 Å². The summed E-state index contributed by atoms with van der Waals surface area (Å²) in [5.41, 5.74) is 0.0778. The smallest absolute Gasteiger partial charge is 0.289 e. The first-order chi connectivity index (χ1) is 12.9. The van der Waals surface area contributed by atoms with E-state index in [0.29, 0.717) is 37.5 Å². The Labute approximate surface area is 157 Å². The second kappa shape index (κ2) is 6.40. The Hall–Kier alpha value is -2.83. The van der Waals surface area contributed by atoms with E-state index in [9.17, 15) is 14.4 Å². The molecule has 1 aromatic carbocycles. The molecule has 2 saturated heterocycles. The molecule has 3 amide bonds. The van der Waals surface area contributed by atoms with Crippen molar-refractivity contribution >= 4 is 28.7 Å². The Morgan fingerprint density at radius 1 is 1.15 bits per heavy atom. The van der Waals surface area contributed by atoms with Crippen LogP contribution in [0.1, 0.15) is 30.8 Å². The van der Waals surface area contributed by atoms with E-state index in [0.717, 1.165) is 11.8 Å². The Morgan fingerprint density at radius 3 is 2.59 bits per heavy atom. The molecule has 0 bridgehead atoms. The third-order valence-electron chi connectivity index (χ3n) is 5.71. The molecular weight excluding hydrogens is 346 g/mol. The molecule has 2 atom stereocenters. The third-order valence-corrected chi connectivity index (χ3v) is 5.71. The molecule has 2 aromatic rings. The van der Waals surface area contributed by atoms with Gasteiger partial charge in [0.25, 0.3) is 5.91 Å². The Kier molecular flexibility index (Phi) is 4.17. The predicted octanol–water partition coefficient (Wildman–Crippen LogP) is 1.63. The molecule has 0 spiro atoms. The second-order valence-corrected chi connectivity index (χ2v) is 7.60. The molecule has 3 heterocycles. The van der Waals surface area contributed by atoms with E-state index in [1.54, 1.807) is 15.9 Å². The number of para-hydroxylation sites is 1. The van der Waals surface area contributed by atoms with Crippen LogP contribution in [0.4, 0.5) is 0 Å². The second-order valence-electron chi connectivity index (χ2n) is 7.60. The highest BCUT2D eigenvalue weighted by Crippen LogP contribution is 2.36. The van der Waals surface area contributed by atoms with Crippen LogP contribution in [0.25, 0.3) is 11.0 Å². The predicted molar refractivity (Wildman–Crippen MR) is 99.0 cm³/mol. The van der Waals surface area contributed by atoms with Gasteiger partial charge < -0.3 is 19.5 Å². The van der Waals surface area contributed by atoms with Crippen LogP contribution in [0.5, 0.6) is 0 Å². The Balaban J connectivity index is 1.61. The number of fused-ring (bicyclic) bond motifs is 2. The monoisotopic (exact) mass is 369 g/mol. The molecule has 0 unspecified atom stereocenters. The molecule has 27 heavy (non-hydrogen) atoms. The lowest BCUT2D eigenvalue weighted by Gasteiger charge is -2.44. The summed E-state index contributed by atoms with van der Waals surface area (Å²) in [5.74, 6) is 0.0740. The van der Waals surface area contributed by atoms with E-state index in [-0.39, 0.29) is 23.6 Å². The minimum atomic E-state index is -0.600. The topological polar surface area (TPSA) is 82.9 Å². The highest BCUT2D eigenvalue weighted by Gasteiger charge is 2.52. The van der Waals surface area contributed by atoms with Gasteiger partial charge in [-0.05, 0) is 18.6 Å². The lowest BCUT2D eigenvalue weighted by atomic mass is 9.81. The zero-order valence-electron chi connectivity index (χ0n) is 15.5. The van der Waals surface area contributed by atoms with Gasteiger partial charge in [0.2, 0.25) is 11.8 Å². The normalized spacial score (nSPS) is 24.7. The van der Waals surface area contributed by atoms with Gasteiger partial charge in [-0.3, -0.25) is 14.4 Å². The first kappa shape index (κ1) is 17.6. The number of rotatable bonds is 2. The fraction of sp³-hybridized carbons (Fsp3) is 0.450. The Morgan fingerprint density at radius 2 is 1.89 bits per heavy atom. The van der Waals surface area contributed by atoms with Gasteiger partial charge in [-0.15, -0.1) is 0 Å². The van der Waals surface area contributed by atoms with Crippen LogP contribution in [0, 0.1) is 5.92 Å². The van der Waals surface area contributed by atoms with E-state index >= 15 is 0 Å². The number of likely N-dealkylation sites (tertiary alicyclic amines) is 2. The van der Waals surface area contributed by atoms with Crippen LogP contribution < -0.4 is 5.32 Å². The van der Waals surface area contributed by atoms with Gasteiger partial charge in [0.1, 0.15) is 5.58 Å². The first-order valence-corrected chi connectivity index (χ1v) is 9.20.